The van der Waals surface area contributed by atoms with Crippen LogP contribution >= 0.6 is 11.8 Å². The van der Waals surface area contributed by atoms with Crippen molar-refractivity contribution in [3.63, 3.8) is 0 Å². The first-order chi connectivity index (χ1) is 18.9. The van der Waals surface area contributed by atoms with E-state index in [9.17, 15) is 13.6 Å². The standard InChI is InChI=1S/C26H33F2N5O3S.C2H6/c1-32-15-23(35-2)21(14-22(32)25(27)28)20-13-18(33-9-11-36-12-10-33)6-7-19(20)26(34)30-16-37-24(31-29)8-5-17-3-4-17;1-2/h6-7,13-15,17,22,24-25,31H,3-4,9-12,16,29H2,1-2H3,(H,30,34);1-2H3. The van der Waals surface area contributed by atoms with Gasteiger partial charge in [0.15, 0.2) is 0 Å². The third kappa shape index (κ3) is 8.35. The van der Waals surface area contributed by atoms with Gasteiger partial charge in [-0.05, 0) is 42.7 Å². The van der Waals surface area contributed by atoms with Crippen LogP contribution < -0.4 is 21.5 Å². The highest BCUT2D eigenvalue weighted by atomic mass is 32.2. The predicted octanol–water partition coefficient (Wildman–Crippen LogP) is 3.62. The van der Waals surface area contributed by atoms with Gasteiger partial charge in [-0.2, -0.15) is 0 Å². The highest BCUT2D eigenvalue weighted by Crippen LogP contribution is 2.35. The molecule has 4 N–H and O–H groups in total. The molecule has 214 valence electrons. The largest absolute Gasteiger partial charge is 0.495 e. The van der Waals surface area contributed by atoms with Crippen LogP contribution in [-0.2, 0) is 9.47 Å². The van der Waals surface area contributed by atoms with Gasteiger partial charge in [-0.3, -0.25) is 10.6 Å². The molecule has 2 unspecified atom stereocenters. The summed E-state index contributed by atoms with van der Waals surface area (Å²) in [7, 11) is 3.06. The molecule has 11 heteroatoms. The zero-order valence-electron chi connectivity index (χ0n) is 23.0. The average molecular weight is 564 g/mol. The Bertz CT molecular complexity index is 1090. The van der Waals surface area contributed by atoms with E-state index in [2.05, 4.69) is 27.5 Å². The summed E-state index contributed by atoms with van der Waals surface area (Å²) >= 11 is 1.37. The van der Waals surface area contributed by atoms with Gasteiger partial charge in [0.05, 0.1) is 26.2 Å². The molecule has 2 aliphatic heterocycles. The number of amides is 1. The minimum atomic E-state index is -2.61. The van der Waals surface area contributed by atoms with E-state index >= 15 is 0 Å². The lowest BCUT2D eigenvalue weighted by Gasteiger charge is -2.32. The molecule has 1 amide bonds. The minimum Gasteiger partial charge on any atom is -0.495 e. The maximum Gasteiger partial charge on any atom is 0.262 e. The van der Waals surface area contributed by atoms with Crippen LogP contribution in [0.2, 0.25) is 0 Å². The van der Waals surface area contributed by atoms with Crippen LogP contribution in [0, 0.1) is 17.8 Å². The normalized spacial score (nSPS) is 19.6. The zero-order valence-corrected chi connectivity index (χ0v) is 23.8. The molecule has 3 aliphatic rings. The van der Waals surface area contributed by atoms with Crippen molar-refractivity contribution in [1.29, 1.82) is 0 Å². The molecule has 1 saturated heterocycles. The molecule has 2 heterocycles. The first kappa shape index (κ1) is 30.8. The van der Waals surface area contributed by atoms with Crippen molar-refractivity contribution in [1.82, 2.24) is 15.6 Å². The second-order valence-electron chi connectivity index (χ2n) is 9.02. The smallest absolute Gasteiger partial charge is 0.262 e. The molecule has 1 aromatic rings. The maximum absolute atomic E-state index is 13.8. The first-order valence-corrected chi connectivity index (χ1v) is 14.3. The Labute approximate surface area is 234 Å². The van der Waals surface area contributed by atoms with Gasteiger partial charge in [0.1, 0.15) is 17.2 Å². The van der Waals surface area contributed by atoms with Gasteiger partial charge in [0, 0.05) is 49.1 Å². The first-order valence-electron chi connectivity index (χ1n) is 13.2. The summed E-state index contributed by atoms with van der Waals surface area (Å²) < 4.78 is 38.7. The number of carbonyl (C=O) groups excluding carboxylic acids is 1. The van der Waals surface area contributed by atoms with Gasteiger partial charge in [-0.1, -0.05) is 25.7 Å². The van der Waals surface area contributed by atoms with Crippen LogP contribution in [-0.4, -0.2) is 75.0 Å². The lowest BCUT2D eigenvalue weighted by Crippen LogP contribution is -2.37. The number of nitrogens with two attached hydrogens (primary N) is 1. The Kier molecular flexibility index (Phi) is 11.9. The van der Waals surface area contributed by atoms with Crippen molar-refractivity contribution >= 4 is 28.9 Å². The Morgan fingerprint density at radius 2 is 2.00 bits per heavy atom. The van der Waals surface area contributed by atoms with Crippen LogP contribution in [0.5, 0.6) is 0 Å². The molecular weight excluding hydrogens is 524 g/mol. The van der Waals surface area contributed by atoms with Crippen molar-refractivity contribution in [3.05, 3.63) is 47.4 Å². The summed E-state index contributed by atoms with van der Waals surface area (Å²) in [5, 5.41) is 2.59. The second kappa shape index (κ2) is 15.1. The summed E-state index contributed by atoms with van der Waals surface area (Å²) in [6.07, 6.45) is 2.63. The molecule has 39 heavy (non-hydrogen) atoms. The van der Waals surface area contributed by atoms with Crippen molar-refractivity contribution < 1.29 is 23.0 Å². The van der Waals surface area contributed by atoms with E-state index in [1.54, 1.807) is 19.3 Å². The van der Waals surface area contributed by atoms with Gasteiger partial charge >= 0.3 is 0 Å². The molecular formula is C28H39F2N5O3S. The summed E-state index contributed by atoms with van der Waals surface area (Å²) in [6, 6.07) is 4.33. The van der Waals surface area contributed by atoms with Crippen molar-refractivity contribution in [2.75, 3.05) is 51.2 Å². The number of nitrogens with one attached hydrogen (secondary N) is 2. The van der Waals surface area contributed by atoms with Crippen LogP contribution in [0.3, 0.4) is 0 Å². The second-order valence-corrected chi connectivity index (χ2v) is 10.1. The highest BCUT2D eigenvalue weighted by molar-refractivity contribution is 8.00. The van der Waals surface area contributed by atoms with Crippen molar-refractivity contribution in [2.45, 2.75) is 44.5 Å². The lowest BCUT2D eigenvalue weighted by molar-refractivity contribution is 0.0780. The number of hydrazine groups is 1. The molecule has 0 bridgehead atoms. The fourth-order valence-electron chi connectivity index (χ4n) is 4.16. The van der Waals surface area contributed by atoms with Crippen LogP contribution in [0.4, 0.5) is 14.5 Å². The number of nitrogens with zero attached hydrogens (tertiary/aromatic N) is 2. The third-order valence-corrected chi connectivity index (χ3v) is 7.31. The monoisotopic (exact) mass is 563 g/mol. The van der Waals surface area contributed by atoms with Gasteiger partial charge < -0.3 is 24.6 Å². The van der Waals surface area contributed by atoms with E-state index in [1.165, 1.54) is 29.8 Å². The van der Waals surface area contributed by atoms with Crippen LogP contribution in [0.15, 0.2) is 36.2 Å². The number of methoxy groups -OCH3 is 1. The average Bonchev–Trinajstić information content (AvgIpc) is 3.80. The fourth-order valence-corrected chi connectivity index (χ4v) is 4.79. The molecule has 2 atom stereocenters. The van der Waals surface area contributed by atoms with E-state index in [1.807, 2.05) is 26.0 Å². The number of hydrogen-bond acceptors (Lipinski definition) is 8. The van der Waals surface area contributed by atoms with E-state index in [0.29, 0.717) is 54.7 Å². The number of carbonyl (C=O) groups is 1. The van der Waals surface area contributed by atoms with Gasteiger partial charge in [0.25, 0.3) is 12.3 Å². The zero-order chi connectivity index (χ0) is 28.4. The van der Waals surface area contributed by atoms with Gasteiger partial charge in [-0.25, -0.2) is 14.2 Å². The van der Waals surface area contributed by atoms with E-state index in [0.717, 1.165) is 18.5 Å². The van der Waals surface area contributed by atoms with Gasteiger partial charge in [-0.15, -0.1) is 11.8 Å². The molecule has 8 nitrogen and oxygen atoms in total. The Morgan fingerprint density at radius 3 is 2.62 bits per heavy atom. The minimum absolute atomic E-state index is 0.270. The van der Waals surface area contributed by atoms with E-state index < -0.39 is 12.5 Å². The Hall–Kier alpha value is -2.78. The quantitative estimate of drug-likeness (QED) is 0.182. The number of anilines is 1. The number of halogens is 2. The highest BCUT2D eigenvalue weighted by Gasteiger charge is 2.30. The molecule has 2 fully saturated rings. The number of hydrogen-bond donors (Lipinski definition) is 3. The topological polar surface area (TPSA) is 92.1 Å². The molecule has 1 aromatic carbocycles. The fraction of sp³-hybridized carbons (Fsp3) is 0.536. The summed E-state index contributed by atoms with van der Waals surface area (Å²) in [6.45, 7) is 6.59. The van der Waals surface area contributed by atoms with Crippen LogP contribution in [0.1, 0.15) is 42.6 Å². The maximum atomic E-state index is 13.8. The number of ether oxygens (including phenoxy) is 2. The van der Waals surface area contributed by atoms with Crippen molar-refractivity contribution in [2.24, 2.45) is 11.8 Å². The lowest BCUT2D eigenvalue weighted by atomic mass is 9.93. The molecule has 1 saturated carbocycles. The molecule has 0 aromatic heterocycles. The Balaban J connectivity index is 0.00000205. The molecule has 0 radical (unpaired) electrons. The molecule has 0 spiro atoms. The molecule has 1 aliphatic carbocycles. The SMILES string of the molecule is CC.COC1=CN(C)C(C(F)F)C=C1c1cc(N2CCOCC2)ccc1C(=O)NCSC(C#CC1CC1)NN. The van der Waals surface area contributed by atoms with E-state index in [-0.39, 0.29) is 17.2 Å². The van der Waals surface area contributed by atoms with Crippen molar-refractivity contribution in [3.8, 4) is 11.8 Å². The molecule has 4 rings (SSSR count). The summed E-state index contributed by atoms with van der Waals surface area (Å²) in [5.41, 5.74) is 4.89. The number of morpholine rings is 1. The third-order valence-electron chi connectivity index (χ3n) is 6.42. The summed E-state index contributed by atoms with van der Waals surface area (Å²) in [5.74, 6) is 12.6. The van der Waals surface area contributed by atoms with Gasteiger partial charge in [0.2, 0.25) is 0 Å². The van der Waals surface area contributed by atoms with E-state index in [4.69, 9.17) is 15.3 Å². The number of alkyl halides is 2. The number of rotatable bonds is 9. The number of thioether (sulfide) groups is 1. The van der Waals surface area contributed by atoms with Crippen LogP contribution in [0.25, 0.3) is 5.57 Å². The number of benzene rings is 1. The number of allylic oxidation sites excluding steroid dienone is 1. The number of likely N-dealkylation sites (N-methyl/N-ethyl adjacent to an activating group) is 1. The predicted molar refractivity (Wildman–Crippen MR) is 153 cm³/mol. The summed E-state index contributed by atoms with van der Waals surface area (Å²) in [4.78, 5) is 16.9. The Morgan fingerprint density at radius 1 is 1.28 bits per heavy atom.